The fourth-order valence-corrected chi connectivity index (χ4v) is 5.36. The monoisotopic (exact) mass is 374 g/mol. The summed E-state index contributed by atoms with van der Waals surface area (Å²) < 4.78 is 10.9. The maximum absolute atomic E-state index is 12.5. The van der Waals surface area contributed by atoms with Crippen LogP contribution >= 0.6 is 0 Å². The second-order valence-electron chi connectivity index (χ2n) is 8.50. The van der Waals surface area contributed by atoms with Crippen molar-refractivity contribution in [2.45, 2.75) is 51.7 Å². The van der Waals surface area contributed by atoms with E-state index in [1.165, 1.54) is 24.3 Å². The van der Waals surface area contributed by atoms with Crippen molar-refractivity contribution in [1.82, 2.24) is 0 Å². The molecule has 3 aliphatic rings. The average molecular weight is 374 g/mol. The highest BCUT2D eigenvalue weighted by atomic mass is 16.6. The minimum absolute atomic E-state index is 0.0179. The van der Waals surface area contributed by atoms with Gasteiger partial charge in [-0.25, -0.2) is 9.59 Å². The van der Waals surface area contributed by atoms with Crippen molar-refractivity contribution in [3.05, 3.63) is 36.0 Å². The molecular weight excluding hydrogens is 348 g/mol. The molecule has 146 valence electrons. The molecule has 0 radical (unpaired) electrons. The lowest BCUT2D eigenvalue weighted by Gasteiger charge is -2.59. The Morgan fingerprint density at radius 2 is 2.00 bits per heavy atom. The van der Waals surface area contributed by atoms with Crippen molar-refractivity contribution < 1.29 is 29.0 Å². The van der Waals surface area contributed by atoms with E-state index >= 15 is 0 Å². The van der Waals surface area contributed by atoms with Crippen molar-refractivity contribution in [3.63, 3.8) is 0 Å². The van der Waals surface area contributed by atoms with Gasteiger partial charge < -0.3 is 14.6 Å². The van der Waals surface area contributed by atoms with Crippen LogP contribution < -0.4 is 0 Å². The Morgan fingerprint density at radius 3 is 2.70 bits per heavy atom. The Morgan fingerprint density at radius 1 is 1.26 bits per heavy atom. The molecule has 0 amide bonds. The molecule has 0 aromatic carbocycles. The second-order valence-corrected chi connectivity index (χ2v) is 8.50. The van der Waals surface area contributed by atoms with Crippen LogP contribution in [0.2, 0.25) is 0 Å². The summed E-state index contributed by atoms with van der Waals surface area (Å²) in [5.74, 6) is -1.38. The highest BCUT2D eigenvalue weighted by Crippen LogP contribution is 2.63. The zero-order valence-corrected chi connectivity index (χ0v) is 15.9. The fraction of sp³-hybridized carbons (Fsp3) is 0.571. The Labute approximate surface area is 158 Å². The summed E-state index contributed by atoms with van der Waals surface area (Å²) in [6, 6.07) is 0. The molecule has 6 nitrogen and oxygen atoms in total. The summed E-state index contributed by atoms with van der Waals surface area (Å²) in [6.07, 6.45) is 9.59. The first-order valence-corrected chi connectivity index (χ1v) is 9.27. The Balaban J connectivity index is 1.98. The second kappa shape index (κ2) is 6.75. The average Bonchev–Trinajstić information content (AvgIpc) is 2.88. The molecule has 27 heavy (non-hydrogen) atoms. The number of aldehydes is 1. The van der Waals surface area contributed by atoms with E-state index in [4.69, 9.17) is 9.47 Å². The third kappa shape index (κ3) is 2.96. The Kier molecular flexibility index (Phi) is 4.89. The van der Waals surface area contributed by atoms with Crippen molar-refractivity contribution in [3.8, 4) is 0 Å². The zero-order valence-electron chi connectivity index (χ0n) is 15.9. The van der Waals surface area contributed by atoms with E-state index in [1.807, 2.05) is 6.92 Å². The van der Waals surface area contributed by atoms with Crippen LogP contribution in [-0.2, 0) is 23.9 Å². The molecule has 2 fully saturated rings. The first kappa shape index (κ1) is 19.5. The number of fused-ring (bicyclic) bond motifs is 3. The Bertz CT molecular complexity index is 746. The number of aliphatic hydroxyl groups is 1. The van der Waals surface area contributed by atoms with Crippen LogP contribution in [0.1, 0.15) is 40.0 Å². The number of cyclic esters (lactones) is 1. The van der Waals surface area contributed by atoms with Gasteiger partial charge in [0.05, 0.1) is 0 Å². The van der Waals surface area contributed by atoms with Crippen LogP contribution in [0.15, 0.2) is 36.0 Å². The quantitative estimate of drug-likeness (QED) is 0.267. The molecule has 1 saturated carbocycles. The molecule has 4 atom stereocenters. The van der Waals surface area contributed by atoms with Gasteiger partial charge in [0.15, 0.2) is 5.60 Å². The minimum Gasteiger partial charge on any atom is -0.459 e. The molecule has 0 aromatic heterocycles. The van der Waals surface area contributed by atoms with Crippen LogP contribution in [0.5, 0.6) is 0 Å². The van der Waals surface area contributed by atoms with Gasteiger partial charge in [-0.15, -0.1) is 0 Å². The first-order valence-electron chi connectivity index (χ1n) is 9.27. The molecule has 0 unspecified atom stereocenters. The number of allylic oxidation sites excluding steroid dienone is 3. The van der Waals surface area contributed by atoms with Crippen molar-refractivity contribution in [2.75, 3.05) is 6.61 Å². The Hall–Kier alpha value is -2.21. The van der Waals surface area contributed by atoms with E-state index < -0.39 is 29.1 Å². The molecule has 0 aromatic rings. The van der Waals surface area contributed by atoms with Crippen LogP contribution in [0, 0.1) is 16.7 Å². The lowest BCUT2D eigenvalue weighted by Crippen LogP contribution is -2.65. The molecule has 0 bridgehead atoms. The third-order valence-electron chi connectivity index (χ3n) is 6.47. The van der Waals surface area contributed by atoms with Crippen molar-refractivity contribution in [2.24, 2.45) is 16.7 Å². The number of hydrogen-bond donors (Lipinski definition) is 1. The van der Waals surface area contributed by atoms with Gasteiger partial charge >= 0.3 is 11.9 Å². The molecule has 1 aliphatic heterocycles. The van der Waals surface area contributed by atoms with Gasteiger partial charge in [-0.3, -0.25) is 4.79 Å². The van der Waals surface area contributed by atoms with E-state index in [1.54, 1.807) is 6.08 Å². The number of ether oxygens (including phenoxy) is 2. The van der Waals surface area contributed by atoms with Crippen LogP contribution in [-0.4, -0.2) is 41.6 Å². The van der Waals surface area contributed by atoms with Gasteiger partial charge in [-0.1, -0.05) is 39.3 Å². The lowest BCUT2D eigenvalue weighted by molar-refractivity contribution is -0.194. The molecule has 2 aliphatic carbocycles. The summed E-state index contributed by atoms with van der Waals surface area (Å²) in [7, 11) is 0. The summed E-state index contributed by atoms with van der Waals surface area (Å²) in [4.78, 5) is 35.0. The molecule has 6 heteroatoms. The van der Waals surface area contributed by atoms with Crippen LogP contribution in [0.4, 0.5) is 0 Å². The zero-order chi connectivity index (χ0) is 19.9. The number of carbonyl (C=O) groups is 3. The van der Waals surface area contributed by atoms with E-state index in [0.717, 1.165) is 12.8 Å². The van der Waals surface area contributed by atoms with Gasteiger partial charge in [0.25, 0.3) is 0 Å². The first-order chi connectivity index (χ1) is 12.7. The summed E-state index contributed by atoms with van der Waals surface area (Å²) in [5, 5.41) is 11.4. The number of rotatable bonds is 4. The maximum Gasteiger partial charge on any atom is 0.343 e. The van der Waals surface area contributed by atoms with E-state index in [0.29, 0.717) is 18.3 Å². The normalized spacial score (nSPS) is 37.5. The van der Waals surface area contributed by atoms with Gasteiger partial charge in [0.2, 0.25) is 0 Å². The number of esters is 2. The largest absolute Gasteiger partial charge is 0.459 e. The highest BCUT2D eigenvalue weighted by Gasteiger charge is 2.69. The summed E-state index contributed by atoms with van der Waals surface area (Å²) >= 11 is 0. The van der Waals surface area contributed by atoms with Crippen LogP contribution in [0.25, 0.3) is 0 Å². The molecule has 1 heterocycles. The molecule has 3 rings (SSSR count). The predicted octanol–water partition coefficient (Wildman–Crippen LogP) is 2.27. The molecule has 1 N–H and O–H groups in total. The van der Waals surface area contributed by atoms with E-state index in [-0.39, 0.29) is 17.9 Å². The fourth-order valence-electron chi connectivity index (χ4n) is 5.36. The van der Waals surface area contributed by atoms with Gasteiger partial charge in [-0.2, -0.15) is 0 Å². The van der Waals surface area contributed by atoms with Gasteiger partial charge in [0, 0.05) is 23.0 Å². The van der Waals surface area contributed by atoms with Crippen molar-refractivity contribution >= 4 is 18.2 Å². The smallest absolute Gasteiger partial charge is 0.343 e. The summed E-state index contributed by atoms with van der Waals surface area (Å²) in [6.45, 7) is 6.09. The predicted molar refractivity (Wildman–Crippen MR) is 97.4 cm³/mol. The minimum atomic E-state index is -1.67. The van der Waals surface area contributed by atoms with Gasteiger partial charge in [0.1, 0.15) is 19.0 Å². The van der Waals surface area contributed by atoms with E-state index in [2.05, 4.69) is 13.8 Å². The number of hydrogen-bond acceptors (Lipinski definition) is 6. The van der Waals surface area contributed by atoms with E-state index in [9.17, 15) is 19.5 Å². The summed E-state index contributed by atoms with van der Waals surface area (Å²) in [5.41, 5.74) is -2.20. The van der Waals surface area contributed by atoms with Gasteiger partial charge in [-0.05, 0) is 30.4 Å². The standard InChI is InChI=1S/C21H26O6/c1-19(2)9-7-10-20(3)17(19)15(27-16(23)8-5-4-6-11-22)12-14-13-26-18(24)21(14,20)25/h4-6,8,11-12,15,17,25H,7,9-10,13H2,1-3H3/t15-,17+,20+,21+/m1/s1. The number of carbonyl (C=O) groups excluding carboxylic acids is 3. The maximum atomic E-state index is 12.5. The van der Waals surface area contributed by atoms with Crippen molar-refractivity contribution in [1.29, 1.82) is 0 Å². The molecular formula is C21H26O6. The molecule has 1 saturated heterocycles. The third-order valence-corrected chi connectivity index (χ3v) is 6.47. The molecule has 0 spiro atoms. The lowest BCUT2D eigenvalue weighted by atomic mass is 9.46. The SMILES string of the molecule is CC1(C)CCC[C@@]2(C)[C@H]1[C@H](OC(=O)C=CC=CC=O)C=C1COC(=O)[C@@]12O. The highest BCUT2D eigenvalue weighted by molar-refractivity contribution is 5.88. The topological polar surface area (TPSA) is 89.9 Å². The van der Waals surface area contributed by atoms with Crippen LogP contribution in [0.3, 0.4) is 0 Å².